The Morgan fingerprint density at radius 2 is 1.85 bits per heavy atom. The average Bonchev–Trinajstić information content (AvgIpc) is 3.41. The summed E-state index contributed by atoms with van der Waals surface area (Å²) < 4.78 is 5.57. The lowest BCUT2D eigenvalue weighted by molar-refractivity contribution is -0.140. The minimum absolute atomic E-state index is 0.166. The average molecular weight is 371 g/mol. The van der Waals surface area contributed by atoms with E-state index < -0.39 is 0 Å². The number of nitrogens with zero attached hydrogens (tertiary/aromatic N) is 2. The highest BCUT2D eigenvalue weighted by Gasteiger charge is 2.67. The van der Waals surface area contributed by atoms with E-state index in [1.807, 2.05) is 6.92 Å². The first-order chi connectivity index (χ1) is 12.6. The van der Waals surface area contributed by atoms with Crippen LogP contribution in [0.1, 0.15) is 18.9 Å². The topological polar surface area (TPSA) is 59.0 Å². The van der Waals surface area contributed by atoms with Crippen molar-refractivity contribution in [3.8, 4) is 5.75 Å². The van der Waals surface area contributed by atoms with Crippen LogP contribution >= 0.6 is 11.6 Å². The maximum Gasteiger partial charge on any atom is 0.254 e. The number of allylic oxidation sites excluding steroid dienone is 2. The highest BCUT2D eigenvalue weighted by Crippen LogP contribution is 2.65. The maximum absolute atomic E-state index is 12.9. The Hall–Kier alpha value is -2.14. The van der Waals surface area contributed by atoms with Crippen molar-refractivity contribution in [3.63, 3.8) is 0 Å². The van der Waals surface area contributed by atoms with Crippen molar-refractivity contribution in [2.45, 2.75) is 13.3 Å². The van der Waals surface area contributed by atoms with Gasteiger partial charge in [-0.2, -0.15) is 10.1 Å². The molecule has 6 atom stereocenters. The number of carbonyl (C=O) groups is 2. The lowest BCUT2D eigenvalue weighted by atomic mass is 9.63. The van der Waals surface area contributed by atoms with Crippen LogP contribution in [0.4, 0.5) is 0 Å². The number of rotatable bonds is 4. The van der Waals surface area contributed by atoms with Gasteiger partial charge in [0.2, 0.25) is 0 Å². The van der Waals surface area contributed by atoms with E-state index in [1.165, 1.54) is 6.21 Å². The van der Waals surface area contributed by atoms with Gasteiger partial charge in [-0.1, -0.05) is 23.8 Å². The second kappa shape index (κ2) is 5.68. The largest absolute Gasteiger partial charge is 0.493 e. The standard InChI is InChI=1S/C20H19ClN2O3/c1-2-26-16-6-3-11(21)7-10(16)9-22-23-19(24)17-12-4-5-13(15-8-14(12)15)18(17)20(23)25/h3-7,9,12-15,17-18H,2,8H2,1H3/b22-9-/t12-,13-,14-,15-,17-,18+/m1/s1. The van der Waals surface area contributed by atoms with Gasteiger partial charge in [-0.15, -0.1) is 0 Å². The summed E-state index contributed by atoms with van der Waals surface area (Å²) in [4.78, 5) is 25.8. The van der Waals surface area contributed by atoms with E-state index in [0.29, 0.717) is 34.8 Å². The van der Waals surface area contributed by atoms with Gasteiger partial charge >= 0.3 is 0 Å². The molecule has 1 heterocycles. The predicted octanol–water partition coefficient (Wildman–Crippen LogP) is 3.13. The zero-order valence-electron chi connectivity index (χ0n) is 14.3. The molecule has 26 heavy (non-hydrogen) atoms. The molecule has 2 bridgehead atoms. The van der Waals surface area contributed by atoms with Crippen molar-refractivity contribution in [1.82, 2.24) is 5.01 Å². The molecule has 134 valence electrons. The minimum Gasteiger partial charge on any atom is -0.493 e. The molecule has 1 saturated heterocycles. The van der Waals surface area contributed by atoms with Crippen molar-refractivity contribution >= 4 is 29.6 Å². The fraction of sp³-hybridized carbons (Fsp3) is 0.450. The molecule has 0 radical (unpaired) electrons. The van der Waals surface area contributed by atoms with E-state index in [2.05, 4.69) is 17.3 Å². The molecule has 0 unspecified atom stereocenters. The van der Waals surface area contributed by atoms with Gasteiger partial charge in [0.15, 0.2) is 0 Å². The van der Waals surface area contributed by atoms with Gasteiger partial charge in [0.05, 0.1) is 24.7 Å². The normalized spacial score (nSPS) is 36.6. The summed E-state index contributed by atoms with van der Waals surface area (Å²) in [7, 11) is 0. The first-order valence-electron chi connectivity index (χ1n) is 9.12. The lowest BCUT2D eigenvalue weighted by Crippen LogP contribution is -2.40. The zero-order chi connectivity index (χ0) is 18.0. The van der Waals surface area contributed by atoms with Gasteiger partial charge in [-0.05, 0) is 55.2 Å². The number of ether oxygens (including phenoxy) is 1. The summed E-state index contributed by atoms with van der Waals surface area (Å²) in [5, 5.41) is 5.86. The Morgan fingerprint density at radius 1 is 1.19 bits per heavy atom. The smallest absolute Gasteiger partial charge is 0.254 e. The molecule has 5 aliphatic rings. The number of benzene rings is 1. The molecule has 3 fully saturated rings. The van der Waals surface area contributed by atoms with Crippen molar-refractivity contribution in [3.05, 3.63) is 40.9 Å². The molecule has 0 aromatic heterocycles. The molecule has 1 aromatic carbocycles. The van der Waals surface area contributed by atoms with Crippen LogP contribution < -0.4 is 4.74 Å². The first kappa shape index (κ1) is 16.1. The van der Waals surface area contributed by atoms with E-state index in [-0.39, 0.29) is 35.5 Å². The number of amides is 2. The molecular formula is C20H19ClN2O3. The number of hydrogen-bond donors (Lipinski definition) is 0. The highest BCUT2D eigenvalue weighted by molar-refractivity contribution is 6.31. The Kier molecular flexibility index (Phi) is 3.51. The maximum atomic E-state index is 12.9. The summed E-state index contributed by atoms with van der Waals surface area (Å²) in [5.41, 5.74) is 0.652. The van der Waals surface area contributed by atoms with Crippen LogP contribution in [0.25, 0.3) is 0 Å². The van der Waals surface area contributed by atoms with Gasteiger partial charge < -0.3 is 4.74 Å². The van der Waals surface area contributed by atoms with E-state index in [0.717, 1.165) is 11.4 Å². The van der Waals surface area contributed by atoms with Crippen molar-refractivity contribution in [1.29, 1.82) is 0 Å². The quantitative estimate of drug-likeness (QED) is 0.465. The van der Waals surface area contributed by atoms with Crippen LogP contribution in [-0.2, 0) is 9.59 Å². The van der Waals surface area contributed by atoms with Crippen LogP contribution in [0.15, 0.2) is 35.5 Å². The molecular weight excluding hydrogens is 352 g/mol. The first-order valence-corrected chi connectivity index (χ1v) is 9.50. The van der Waals surface area contributed by atoms with Crippen LogP contribution in [-0.4, -0.2) is 29.6 Å². The van der Waals surface area contributed by atoms with Crippen LogP contribution in [0.3, 0.4) is 0 Å². The molecule has 0 N–H and O–H groups in total. The summed E-state index contributed by atoms with van der Waals surface area (Å²) in [6, 6.07) is 5.22. The molecule has 2 saturated carbocycles. The second-order valence-electron chi connectivity index (χ2n) is 7.50. The van der Waals surface area contributed by atoms with Gasteiger partial charge in [-0.3, -0.25) is 9.59 Å². The summed E-state index contributed by atoms with van der Waals surface area (Å²) in [6.45, 7) is 2.40. The lowest BCUT2D eigenvalue weighted by Gasteiger charge is -2.37. The highest BCUT2D eigenvalue weighted by atomic mass is 35.5. The third-order valence-corrected chi connectivity index (χ3v) is 6.46. The molecule has 1 aliphatic heterocycles. The molecule has 4 aliphatic carbocycles. The predicted molar refractivity (Wildman–Crippen MR) is 96.8 cm³/mol. The third-order valence-electron chi connectivity index (χ3n) is 6.22. The Morgan fingerprint density at radius 3 is 2.46 bits per heavy atom. The minimum atomic E-state index is -0.232. The molecule has 2 amide bonds. The van der Waals surface area contributed by atoms with E-state index in [9.17, 15) is 9.59 Å². The Labute approximate surface area is 156 Å². The number of carbonyl (C=O) groups excluding carboxylic acids is 2. The summed E-state index contributed by atoms with van der Waals surface area (Å²) in [6.07, 6.45) is 6.96. The van der Waals surface area contributed by atoms with Crippen molar-refractivity contribution in [2.24, 2.45) is 40.6 Å². The number of imide groups is 1. The van der Waals surface area contributed by atoms with Crippen molar-refractivity contribution in [2.75, 3.05) is 6.61 Å². The van der Waals surface area contributed by atoms with E-state index in [4.69, 9.17) is 16.3 Å². The van der Waals surface area contributed by atoms with E-state index >= 15 is 0 Å². The number of hydrazone groups is 1. The van der Waals surface area contributed by atoms with Gasteiger partial charge in [0.25, 0.3) is 11.8 Å². The summed E-state index contributed by atoms with van der Waals surface area (Å²) >= 11 is 6.06. The van der Waals surface area contributed by atoms with Gasteiger partial charge in [0, 0.05) is 10.6 Å². The molecule has 0 spiro atoms. The number of halogens is 1. The van der Waals surface area contributed by atoms with E-state index in [1.54, 1.807) is 18.2 Å². The van der Waals surface area contributed by atoms with Crippen molar-refractivity contribution < 1.29 is 14.3 Å². The van der Waals surface area contributed by atoms with Gasteiger partial charge in [-0.25, -0.2) is 0 Å². The van der Waals surface area contributed by atoms with Crippen LogP contribution in [0.5, 0.6) is 5.75 Å². The fourth-order valence-corrected chi connectivity index (χ4v) is 5.26. The van der Waals surface area contributed by atoms with Gasteiger partial charge in [0.1, 0.15) is 5.75 Å². The summed E-state index contributed by atoms with van der Waals surface area (Å²) in [5.74, 6) is 1.41. The monoisotopic (exact) mass is 370 g/mol. The molecule has 6 rings (SSSR count). The molecule has 6 heteroatoms. The molecule has 1 aromatic rings. The fourth-order valence-electron chi connectivity index (χ4n) is 5.08. The Bertz CT molecular complexity index is 829. The number of hydrogen-bond acceptors (Lipinski definition) is 4. The Balaban J connectivity index is 1.44. The van der Waals surface area contributed by atoms with Crippen LogP contribution in [0.2, 0.25) is 5.02 Å². The molecule has 5 nitrogen and oxygen atoms in total. The SMILES string of the molecule is CCOc1ccc(Cl)cc1/C=N\N1C(=O)[C@@H]2[C@@H]3C=C[C@H]([C@H]4C[C@H]34)[C@@H]2C1=O. The van der Waals surface area contributed by atoms with Crippen LogP contribution in [0, 0.1) is 35.5 Å². The third kappa shape index (κ3) is 2.19. The zero-order valence-corrected chi connectivity index (χ0v) is 15.1. The second-order valence-corrected chi connectivity index (χ2v) is 7.94.